The Kier molecular flexibility index (Phi) is 4.44. The van der Waals surface area contributed by atoms with E-state index in [1.165, 1.54) is 25.9 Å². The number of sulfone groups is 1. The van der Waals surface area contributed by atoms with Gasteiger partial charge >= 0.3 is 0 Å². The largest absolute Gasteiger partial charge is 0.313 e. The lowest BCUT2D eigenvalue weighted by atomic mass is 9.97. The number of rotatable bonds is 3. The van der Waals surface area contributed by atoms with Crippen LogP contribution in [0, 0.1) is 5.92 Å². The fourth-order valence-corrected chi connectivity index (χ4v) is 4.45. The van der Waals surface area contributed by atoms with Crippen molar-refractivity contribution in [2.45, 2.75) is 31.7 Å². The molecule has 2 heterocycles. The molecule has 2 aliphatic heterocycles. The van der Waals surface area contributed by atoms with Gasteiger partial charge in [0.2, 0.25) is 0 Å². The molecule has 0 bridgehead atoms. The minimum atomic E-state index is -2.76. The Hall–Kier alpha value is -0.130. The quantitative estimate of drug-likeness (QED) is 0.802. The molecule has 4 nitrogen and oxygen atoms in total. The summed E-state index contributed by atoms with van der Waals surface area (Å²) in [6, 6.07) is 0.202. The molecule has 2 rings (SSSR count). The zero-order valence-corrected chi connectivity index (χ0v) is 11.5. The van der Waals surface area contributed by atoms with Crippen LogP contribution in [-0.4, -0.2) is 57.5 Å². The summed E-state index contributed by atoms with van der Waals surface area (Å²) >= 11 is 0. The molecule has 0 aromatic rings. The molecule has 0 spiro atoms. The third-order valence-electron chi connectivity index (χ3n) is 4.00. The number of piperidine rings is 1. The van der Waals surface area contributed by atoms with Crippen LogP contribution in [-0.2, 0) is 9.84 Å². The molecule has 0 amide bonds. The van der Waals surface area contributed by atoms with E-state index in [1.807, 2.05) is 0 Å². The monoisotopic (exact) mass is 260 g/mol. The van der Waals surface area contributed by atoms with Crippen LogP contribution in [0.1, 0.15) is 25.7 Å². The second-order valence-corrected chi connectivity index (χ2v) is 7.84. The molecule has 100 valence electrons. The van der Waals surface area contributed by atoms with Crippen molar-refractivity contribution in [3.8, 4) is 0 Å². The van der Waals surface area contributed by atoms with E-state index in [2.05, 4.69) is 17.3 Å². The van der Waals surface area contributed by atoms with E-state index >= 15 is 0 Å². The lowest BCUT2D eigenvalue weighted by Gasteiger charge is -2.31. The first-order chi connectivity index (χ1) is 8.05. The van der Waals surface area contributed by atoms with Crippen LogP contribution < -0.4 is 5.32 Å². The third kappa shape index (κ3) is 4.23. The number of likely N-dealkylation sites (tertiary alicyclic amines) is 1. The zero-order chi connectivity index (χ0) is 12.3. The summed E-state index contributed by atoms with van der Waals surface area (Å²) in [7, 11) is -0.600. The maximum atomic E-state index is 11.5. The predicted molar refractivity (Wildman–Crippen MR) is 69.9 cm³/mol. The smallest absolute Gasteiger partial charge is 0.151 e. The SMILES string of the molecule is CN1CCC(CNC2CCCS(=O)(=O)C2)CC1. The maximum Gasteiger partial charge on any atom is 0.151 e. The van der Waals surface area contributed by atoms with Crippen LogP contribution >= 0.6 is 0 Å². The Balaban J connectivity index is 1.71. The van der Waals surface area contributed by atoms with E-state index in [1.54, 1.807) is 0 Å². The van der Waals surface area contributed by atoms with Crippen molar-refractivity contribution in [3.05, 3.63) is 0 Å². The van der Waals surface area contributed by atoms with Gasteiger partial charge in [-0.2, -0.15) is 0 Å². The lowest BCUT2D eigenvalue weighted by molar-refractivity contribution is 0.212. The van der Waals surface area contributed by atoms with Crippen molar-refractivity contribution in [1.82, 2.24) is 10.2 Å². The van der Waals surface area contributed by atoms with Crippen molar-refractivity contribution in [2.75, 3.05) is 38.2 Å². The molecule has 5 heteroatoms. The van der Waals surface area contributed by atoms with Crippen molar-refractivity contribution < 1.29 is 8.42 Å². The molecule has 0 saturated carbocycles. The molecule has 1 N–H and O–H groups in total. The van der Waals surface area contributed by atoms with Crippen molar-refractivity contribution in [1.29, 1.82) is 0 Å². The Morgan fingerprint density at radius 3 is 2.59 bits per heavy atom. The Labute approximate surface area is 105 Å². The molecule has 2 saturated heterocycles. The first-order valence-corrected chi connectivity index (χ1v) is 8.50. The molecule has 0 aromatic heterocycles. The molecule has 2 fully saturated rings. The zero-order valence-electron chi connectivity index (χ0n) is 10.7. The number of hydrogen-bond acceptors (Lipinski definition) is 4. The molecule has 1 atom stereocenters. The van der Waals surface area contributed by atoms with Gasteiger partial charge in [0.05, 0.1) is 11.5 Å². The van der Waals surface area contributed by atoms with Gasteiger partial charge in [-0.3, -0.25) is 0 Å². The average molecular weight is 260 g/mol. The number of hydrogen-bond donors (Lipinski definition) is 1. The van der Waals surface area contributed by atoms with Crippen LogP contribution in [0.25, 0.3) is 0 Å². The molecular formula is C12H24N2O2S. The van der Waals surface area contributed by atoms with Crippen molar-refractivity contribution in [3.63, 3.8) is 0 Å². The first-order valence-electron chi connectivity index (χ1n) is 6.67. The van der Waals surface area contributed by atoms with Gasteiger partial charge in [0.25, 0.3) is 0 Å². The van der Waals surface area contributed by atoms with E-state index < -0.39 is 9.84 Å². The Morgan fingerprint density at radius 1 is 1.24 bits per heavy atom. The number of nitrogens with one attached hydrogen (secondary N) is 1. The molecule has 0 aliphatic carbocycles. The van der Waals surface area contributed by atoms with Crippen LogP contribution in [0.3, 0.4) is 0 Å². The van der Waals surface area contributed by atoms with Crippen molar-refractivity contribution in [2.24, 2.45) is 5.92 Å². The standard InChI is InChI=1S/C12H24N2O2S/c1-14-6-4-11(5-7-14)9-13-12-3-2-8-17(15,16)10-12/h11-13H,2-10H2,1H3. The van der Waals surface area contributed by atoms with Crippen molar-refractivity contribution >= 4 is 9.84 Å². The molecule has 1 unspecified atom stereocenters. The van der Waals surface area contributed by atoms with E-state index in [4.69, 9.17) is 0 Å². The van der Waals surface area contributed by atoms with Crippen LogP contribution in [0.4, 0.5) is 0 Å². The molecule has 2 aliphatic rings. The van der Waals surface area contributed by atoms with Crippen LogP contribution in [0.15, 0.2) is 0 Å². The summed E-state index contributed by atoms with van der Waals surface area (Å²) < 4.78 is 23.0. The Morgan fingerprint density at radius 2 is 1.94 bits per heavy atom. The van der Waals surface area contributed by atoms with Gasteiger partial charge in [0.15, 0.2) is 9.84 Å². The fourth-order valence-electron chi connectivity index (χ4n) is 2.78. The second kappa shape index (κ2) is 5.67. The van der Waals surface area contributed by atoms with Gasteiger partial charge in [0, 0.05) is 6.04 Å². The van der Waals surface area contributed by atoms with Crippen LogP contribution in [0.5, 0.6) is 0 Å². The van der Waals surface area contributed by atoms with E-state index in [-0.39, 0.29) is 6.04 Å². The maximum absolute atomic E-state index is 11.5. The first kappa shape index (κ1) is 13.3. The lowest BCUT2D eigenvalue weighted by Crippen LogP contribution is -2.43. The van der Waals surface area contributed by atoms with Gasteiger partial charge in [-0.05, 0) is 58.3 Å². The van der Waals surface area contributed by atoms with Gasteiger partial charge in [-0.1, -0.05) is 0 Å². The summed E-state index contributed by atoms with van der Waals surface area (Å²) in [4.78, 5) is 2.36. The third-order valence-corrected chi connectivity index (χ3v) is 5.82. The summed E-state index contributed by atoms with van der Waals surface area (Å²) in [5.74, 6) is 1.47. The van der Waals surface area contributed by atoms with Gasteiger partial charge in [-0.15, -0.1) is 0 Å². The summed E-state index contributed by atoms with van der Waals surface area (Å²) in [5.41, 5.74) is 0. The fraction of sp³-hybridized carbons (Fsp3) is 1.00. The van der Waals surface area contributed by atoms with E-state index in [0.29, 0.717) is 11.5 Å². The second-order valence-electron chi connectivity index (χ2n) is 5.61. The summed E-state index contributed by atoms with van der Waals surface area (Å²) in [6.07, 6.45) is 4.32. The molecule has 17 heavy (non-hydrogen) atoms. The number of nitrogens with zero attached hydrogens (tertiary/aromatic N) is 1. The molecule has 0 aromatic carbocycles. The van der Waals surface area contributed by atoms with Gasteiger partial charge in [-0.25, -0.2) is 8.42 Å². The molecular weight excluding hydrogens is 236 g/mol. The van der Waals surface area contributed by atoms with E-state index in [0.717, 1.165) is 25.3 Å². The van der Waals surface area contributed by atoms with Crippen LogP contribution in [0.2, 0.25) is 0 Å². The highest BCUT2D eigenvalue weighted by atomic mass is 32.2. The average Bonchev–Trinajstić information content (AvgIpc) is 2.27. The minimum Gasteiger partial charge on any atom is -0.313 e. The predicted octanol–water partition coefficient (Wildman–Crippen LogP) is 0.495. The summed E-state index contributed by atoms with van der Waals surface area (Å²) in [6.45, 7) is 3.35. The van der Waals surface area contributed by atoms with Gasteiger partial charge < -0.3 is 10.2 Å². The summed E-state index contributed by atoms with van der Waals surface area (Å²) in [5, 5.41) is 3.46. The highest BCUT2D eigenvalue weighted by Gasteiger charge is 2.25. The van der Waals surface area contributed by atoms with Gasteiger partial charge in [0.1, 0.15) is 0 Å². The molecule has 0 radical (unpaired) electrons. The minimum absolute atomic E-state index is 0.202. The highest BCUT2D eigenvalue weighted by molar-refractivity contribution is 7.91. The normalized spacial score (nSPS) is 31.5. The van der Waals surface area contributed by atoms with E-state index in [9.17, 15) is 8.42 Å². The highest BCUT2D eigenvalue weighted by Crippen LogP contribution is 2.17. The Bertz CT molecular complexity index is 334. The topological polar surface area (TPSA) is 49.4 Å².